The smallest absolute Gasteiger partial charge is 4.00 e. The van der Waals surface area contributed by atoms with Crippen LogP contribution >= 0.6 is 0 Å². The Labute approximate surface area is 191 Å². The summed E-state index contributed by atoms with van der Waals surface area (Å²) in [4.78, 5) is 0. The average Bonchev–Trinajstić information content (AvgIpc) is 2.57. The summed E-state index contributed by atoms with van der Waals surface area (Å²) in [6.07, 6.45) is 0. The van der Waals surface area contributed by atoms with E-state index in [2.05, 4.69) is 0 Å². The third-order valence-corrected chi connectivity index (χ3v) is 10.6. The van der Waals surface area contributed by atoms with Crippen LogP contribution in [-0.2, 0) is 84.5 Å². The van der Waals surface area contributed by atoms with Crippen molar-refractivity contribution in [2.24, 2.45) is 0 Å². The predicted molar refractivity (Wildman–Crippen MR) is 93.0 cm³/mol. The minimum Gasteiger partial charge on any atom is 4.00 e. The molecule has 0 atom stereocenters. The molecule has 0 rings (SSSR count). The zero-order valence-electron chi connectivity index (χ0n) is 18.4. The van der Waals surface area contributed by atoms with E-state index in [1.54, 1.807) is 0 Å². The normalized spacial score (nSPS) is 12.7. The minimum atomic E-state index is -3.32. The van der Waals surface area contributed by atoms with E-state index in [0.29, 0.717) is 52.9 Å². The molecular formula is C16H40O8Ti3. The molecule has 0 unspecified atom stereocenters. The molecule has 0 N–H and O–H groups in total. The molecule has 0 radical (unpaired) electrons. The van der Waals surface area contributed by atoms with Crippen LogP contribution in [0.4, 0.5) is 0 Å². The number of hydrogen-bond donors (Lipinski definition) is 0. The van der Waals surface area contributed by atoms with Crippen molar-refractivity contribution in [3.8, 4) is 0 Å². The Hall–Kier alpha value is 1.82. The van der Waals surface area contributed by atoms with Gasteiger partial charge in [0.25, 0.3) is 0 Å². The van der Waals surface area contributed by atoms with E-state index < -0.39 is 36.3 Å². The molecule has 11 heteroatoms. The molecule has 0 saturated carbocycles. The minimum absolute atomic E-state index is 0. The van der Waals surface area contributed by atoms with Crippen molar-refractivity contribution < 1.29 is 84.5 Å². The molecule has 8 nitrogen and oxygen atoms in total. The molecule has 0 fully saturated rings. The Balaban J connectivity index is -0.000000411. The summed E-state index contributed by atoms with van der Waals surface area (Å²) in [7, 11) is 0. The second kappa shape index (κ2) is 22.5. The van der Waals surface area contributed by atoms with E-state index in [9.17, 15) is 0 Å². The molecule has 0 spiro atoms. The largest absolute Gasteiger partial charge is 4.00 e. The molecule has 0 heterocycles. The summed E-state index contributed by atoms with van der Waals surface area (Å²) < 4.78 is 43.8. The summed E-state index contributed by atoms with van der Waals surface area (Å²) in [5.74, 6) is 0. The van der Waals surface area contributed by atoms with Gasteiger partial charge in [-0.05, 0) is 0 Å². The number of rotatable bonds is 16. The van der Waals surface area contributed by atoms with Crippen LogP contribution in [0.3, 0.4) is 0 Å². The Morgan fingerprint density at radius 2 is 0.444 bits per heavy atom. The van der Waals surface area contributed by atoms with Crippen LogP contribution in [0.25, 0.3) is 0 Å². The first-order valence-corrected chi connectivity index (χ1v) is 14.7. The average molecular weight is 504 g/mol. The van der Waals surface area contributed by atoms with Gasteiger partial charge in [-0.2, -0.15) is 0 Å². The fourth-order valence-corrected chi connectivity index (χ4v) is 7.89. The van der Waals surface area contributed by atoms with Gasteiger partial charge in [0.2, 0.25) is 0 Å². The summed E-state index contributed by atoms with van der Waals surface area (Å²) in [5.41, 5.74) is 0. The van der Waals surface area contributed by atoms with Gasteiger partial charge < -0.3 is 0 Å². The topological polar surface area (TPSA) is 73.8 Å². The zero-order chi connectivity index (χ0) is 20.3. The van der Waals surface area contributed by atoms with Gasteiger partial charge >= 0.3 is 193 Å². The molecule has 164 valence electrons. The third-order valence-electron chi connectivity index (χ3n) is 2.57. The van der Waals surface area contributed by atoms with Gasteiger partial charge in [-0.1, -0.05) is 0 Å². The Bertz CT molecular complexity index is 214. The molecule has 0 aromatic carbocycles. The SMILES string of the molecule is CC[O][Ti-2]([O]CC)([O]CC)[O]CC.CC[O][Ti-2]([O]CC)([O]CC)[O]CC.[Ti+4]. The van der Waals surface area contributed by atoms with Crippen molar-refractivity contribution in [1.29, 1.82) is 0 Å². The van der Waals surface area contributed by atoms with E-state index in [1.165, 1.54) is 0 Å². The van der Waals surface area contributed by atoms with Crippen molar-refractivity contribution in [2.45, 2.75) is 55.4 Å². The van der Waals surface area contributed by atoms with Crippen LogP contribution in [0, 0.1) is 0 Å². The first-order chi connectivity index (χ1) is 12.5. The second-order valence-electron chi connectivity index (χ2n) is 4.46. The van der Waals surface area contributed by atoms with Crippen LogP contribution in [0.2, 0.25) is 0 Å². The van der Waals surface area contributed by atoms with Crippen LogP contribution < -0.4 is 0 Å². The first-order valence-electron chi connectivity index (χ1n) is 9.60. The molecule has 0 aromatic heterocycles. The third kappa shape index (κ3) is 16.2. The van der Waals surface area contributed by atoms with Gasteiger partial charge in [0.05, 0.1) is 0 Å². The Morgan fingerprint density at radius 1 is 0.333 bits per heavy atom. The van der Waals surface area contributed by atoms with Crippen molar-refractivity contribution in [3.05, 3.63) is 0 Å². The molecule has 0 bridgehead atoms. The molecule has 27 heavy (non-hydrogen) atoms. The zero-order valence-corrected chi connectivity index (χ0v) is 23.1. The van der Waals surface area contributed by atoms with Crippen LogP contribution in [-0.4, -0.2) is 52.9 Å². The quantitative estimate of drug-likeness (QED) is 0.294. The Kier molecular flexibility index (Phi) is 27.9. The summed E-state index contributed by atoms with van der Waals surface area (Å²) in [6, 6.07) is 0. The fraction of sp³-hybridized carbons (Fsp3) is 1.00. The molecule has 0 aromatic rings. The van der Waals surface area contributed by atoms with Gasteiger partial charge in [0, 0.05) is 0 Å². The van der Waals surface area contributed by atoms with Gasteiger partial charge in [0.1, 0.15) is 0 Å². The molecular weight excluding hydrogens is 464 g/mol. The van der Waals surface area contributed by atoms with Crippen LogP contribution in [0.5, 0.6) is 0 Å². The summed E-state index contributed by atoms with van der Waals surface area (Å²) in [5, 5.41) is 0. The second-order valence-corrected chi connectivity index (χ2v) is 11.2. The van der Waals surface area contributed by atoms with Crippen molar-refractivity contribution in [2.75, 3.05) is 52.9 Å². The van der Waals surface area contributed by atoms with E-state index in [0.717, 1.165) is 0 Å². The maximum absolute atomic E-state index is 5.47. The maximum atomic E-state index is 5.47. The maximum Gasteiger partial charge on any atom is 4.00 e. The molecule has 0 amide bonds. The van der Waals surface area contributed by atoms with Gasteiger partial charge in [-0.25, -0.2) is 0 Å². The van der Waals surface area contributed by atoms with E-state index >= 15 is 0 Å². The van der Waals surface area contributed by atoms with E-state index in [-0.39, 0.29) is 21.7 Å². The fourth-order valence-electron chi connectivity index (χ4n) is 1.91. The van der Waals surface area contributed by atoms with E-state index in [1.807, 2.05) is 55.4 Å². The van der Waals surface area contributed by atoms with Crippen molar-refractivity contribution >= 4 is 0 Å². The first kappa shape index (κ1) is 33.5. The Morgan fingerprint density at radius 3 is 0.519 bits per heavy atom. The molecule has 0 aliphatic heterocycles. The predicted octanol–water partition coefficient (Wildman–Crippen LogP) is 3.89. The van der Waals surface area contributed by atoms with Crippen LogP contribution in [0.1, 0.15) is 55.4 Å². The molecule has 0 aliphatic carbocycles. The number of hydrogen-bond acceptors (Lipinski definition) is 8. The molecule has 0 saturated heterocycles. The van der Waals surface area contributed by atoms with Gasteiger partial charge in [0.15, 0.2) is 0 Å². The molecule has 0 aliphatic rings. The van der Waals surface area contributed by atoms with Crippen LogP contribution in [0.15, 0.2) is 0 Å². The van der Waals surface area contributed by atoms with Crippen molar-refractivity contribution in [3.63, 3.8) is 0 Å². The summed E-state index contributed by atoms with van der Waals surface area (Å²) in [6.45, 7) is 19.9. The van der Waals surface area contributed by atoms with Crippen molar-refractivity contribution in [1.82, 2.24) is 0 Å². The van der Waals surface area contributed by atoms with Gasteiger partial charge in [-0.3, -0.25) is 0 Å². The van der Waals surface area contributed by atoms with Gasteiger partial charge in [-0.15, -0.1) is 0 Å². The van der Waals surface area contributed by atoms with E-state index in [4.69, 9.17) is 26.5 Å². The summed E-state index contributed by atoms with van der Waals surface area (Å²) >= 11 is -6.64. The monoisotopic (exact) mass is 504 g/mol. The standard InChI is InChI=1S/8C2H5O.3Ti/c8*1-2-3;;;/h8*2H2,1H3;;;/q8*-1;2*+2;+4.